The van der Waals surface area contributed by atoms with Crippen molar-refractivity contribution in [1.82, 2.24) is 20.9 Å². The second kappa shape index (κ2) is 8.07. The minimum atomic E-state index is -0.461. The van der Waals surface area contributed by atoms with E-state index >= 15 is 0 Å². The highest BCUT2D eigenvalue weighted by Crippen LogP contribution is 2.15. The van der Waals surface area contributed by atoms with Crippen molar-refractivity contribution >= 4 is 12.1 Å². The zero-order chi connectivity index (χ0) is 15.9. The maximum Gasteiger partial charge on any atom is 0.407 e. The number of ether oxygens (including phenoxy) is 1. The van der Waals surface area contributed by atoms with Gasteiger partial charge in [0.2, 0.25) is 0 Å². The van der Waals surface area contributed by atoms with Crippen molar-refractivity contribution in [2.24, 2.45) is 5.92 Å². The highest BCUT2D eigenvalue weighted by atomic mass is 16.6. The number of hydrogen-bond donors (Lipinski definition) is 3. The third kappa shape index (κ3) is 7.75. The van der Waals surface area contributed by atoms with Gasteiger partial charge in [0.1, 0.15) is 5.60 Å². The molecule has 1 atom stereocenters. The molecule has 1 unspecified atom stereocenters. The monoisotopic (exact) mass is 300 g/mol. The van der Waals surface area contributed by atoms with E-state index in [1.165, 1.54) is 0 Å². The number of urea groups is 1. The normalized spacial score (nSPS) is 19.1. The van der Waals surface area contributed by atoms with Crippen molar-refractivity contribution < 1.29 is 14.3 Å². The van der Waals surface area contributed by atoms with Crippen molar-refractivity contribution in [3.05, 3.63) is 0 Å². The van der Waals surface area contributed by atoms with Gasteiger partial charge in [0, 0.05) is 33.2 Å². The first-order valence-corrected chi connectivity index (χ1v) is 7.45. The van der Waals surface area contributed by atoms with Crippen LogP contribution in [0.4, 0.5) is 9.59 Å². The van der Waals surface area contributed by atoms with E-state index in [2.05, 4.69) is 20.9 Å². The Morgan fingerprint density at radius 1 is 1.29 bits per heavy atom. The molecule has 0 aromatic heterocycles. The first kappa shape index (κ1) is 17.6. The van der Waals surface area contributed by atoms with E-state index in [0.29, 0.717) is 19.0 Å². The lowest BCUT2D eigenvalue weighted by molar-refractivity contribution is 0.0519. The van der Waals surface area contributed by atoms with Gasteiger partial charge in [-0.1, -0.05) is 0 Å². The molecule has 1 rings (SSSR count). The molecule has 3 N–H and O–H groups in total. The first-order valence-electron chi connectivity index (χ1n) is 7.45. The molecule has 0 saturated carbocycles. The van der Waals surface area contributed by atoms with E-state index in [4.69, 9.17) is 4.74 Å². The van der Waals surface area contributed by atoms with Crippen molar-refractivity contribution in [2.75, 3.05) is 39.8 Å². The van der Waals surface area contributed by atoms with Crippen LogP contribution >= 0.6 is 0 Å². The van der Waals surface area contributed by atoms with Crippen molar-refractivity contribution in [2.45, 2.75) is 32.8 Å². The molecular weight excluding hydrogens is 272 g/mol. The quantitative estimate of drug-likeness (QED) is 0.700. The summed E-state index contributed by atoms with van der Waals surface area (Å²) < 4.78 is 5.21. The van der Waals surface area contributed by atoms with Crippen molar-refractivity contribution in [3.63, 3.8) is 0 Å². The van der Waals surface area contributed by atoms with Crippen LogP contribution in [0.3, 0.4) is 0 Å². The van der Waals surface area contributed by atoms with Crippen LogP contribution in [0.1, 0.15) is 27.2 Å². The number of alkyl carbamates (subject to hydrolysis) is 1. The van der Waals surface area contributed by atoms with E-state index in [0.717, 1.165) is 26.1 Å². The largest absolute Gasteiger partial charge is 0.444 e. The summed E-state index contributed by atoms with van der Waals surface area (Å²) in [5.74, 6) is 0.442. The summed E-state index contributed by atoms with van der Waals surface area (Å²) in [4.78, 5) is 24.9. The Labute approximate surface area is 126 Å². The van der Waals surface area contributed by atoms with Gasteiger partial charge in [-0.05, 0) is 39.7 Å². The summed E-state index contributed by atoms with van der Waals surface area (Å²) in [5, 5.41) is 8.11. The fourth-order valence-electron chi connectivity index (χ4n) is 2.24. The predicted octanol–water partition coefficient (Wildman–Crippen LogP) is 0.762. The Morgan fingerprint density at radius 2 is 2.00 bits per heavy atom. The summed E-state index contributed by atoms with van der Waals surface area (Å²) in [5.41, 5.74) is -0.461. The molecule has 1 fully saturated rings. The van der Waals surface area contributed by atoms with Gasteiger partial charge < -0.3 is 25.6 Å². The average molecular weight is 300 g/mol. The molecule has 7 nitrogen and oxygen atoms in total. The third-order valence-corrected chi connectivity index (χ3v) is 3.24. The molecule has 0 aromatic carbocycles. The van der Waals surface area contributed by atoms with Crippen LogP contribution in [0.15, 0.2) is 0 Å². The summed E-state index contributed by atoms with van der Waals surface area (Å²) in [6.45, 7) is 9.58. The minimum absolute atomic E-state index is 0.155. The molecular formula is C14H28N4O3. The number of rotatable bonds is 5. The number of carbonyl (C=O) groups is 2. The molecule has 0 radical (unpaired) electrons. The van der Waals surface area contributed by atoms with Crippen LogP contribution < -0.4 is 16.0 Å². The van der Waals surface area contributed by atoms with Crippen LogP contribution in [0.5, 0.6) is 0 Å². The number of amides is 3. The SMILES string of the molecule is CNC(=O)NCCN1CCC(CNC(=O)OC(C)(C)C)C1. The van der Waals surface area contributed by atoms with Gasteiger partial charge in [-0.3, -0.25) is 0 Å². The topological polar surface area (TPSA) is 82.7 Å². The standard InChI is InChI=1S/C14H28N4O3/c1-14(2,3)21-13(20)17-9-11-5-7-18(10-11)8-6-16-12(19)15-4/h11H,5-10H2,1-4H3,(H,17,20)(H2,15,16,19). The number of nitrogens with zero attached hydrogens (tertiary/aromatic N) is 1. The molecule has 1 saturated heterocycles. The fourth-order valence-corrected chi connectivity index (χ4v) is 2.24. The predicted molar refractivity (Wildman–Crippen MR) is 81.2 cm³/mol. The van der Waals surface area contributed by atoms with Crippen LogP contribution in [0.2, 0.25) is 0 Å². The molecule has 1 aliphatic heterocycles. The summed E-state index contributed by atoms with van der Waals surface area (Å²) in [6.07, 6.45) is 0.692. The highest BCUT2D eigenvalue weighted by molar-refractivity contribution is 5.73. The van der Waals surface area contributed by atoms with E-state index in [-0.39, 0.29) is 12.1 Å². The van der Waals surface area contributed by atoms with Crippen molar-refractivity contribution in [1.29, 1.82) is 0 Å². The molecule has 1 aliphatic rings. The number of likely N-dealkylation sites (tertiary alicyclic amines) is 1. The summed E-state index contributed by atoms with van der Waals surface area (Å²) in [6, 6.07) is -0.155. The lowest BCUT2D eigenvalue weighted by Gasteiger charge is -2.21. The maximum atomic E-state index is 11.6. The van der Waals surface area contributed by atoms with Gasteiger partial charge in [-0.2, -0.15) is 0 Å². The van der Waals surface area contributed by atoms with E-state index in [1.807, 2.05) is 20.8 Å². The Balaban J connectivity index is 2.14. The summed E-state index contributed by atoms with van der Waals surface area (Å²) in [7, 11) is 1.60. The van der Waals surface area contributed by atoms with Gasteiger partial charge in [-0.25, -0.2) is 9.59 Å². The maximum absolute atomic E-state index is 11.6. The first-order chi connectivity index (χ1) is 9.80. The van der Waals surface area contributed by atoms with Crippen LogP contribution in [-0.2, 0) is 4.74 Å². The molecule has 0 bridgehead atoms. The molecule has 0 aromatic rings. The van der Waals surface area contributed by atoms with E-state index in [1.54, 1.807) is 7.05 Å². The molecule has 21 heavy (non-hydrogen) atoms. The number of hydrogen-bond acceptors (Lipinski definition) is 4. The van der Waals surface area contributed by atoms with Gasteiger partial charge in [0.25, 0.3) is 0 Å². The van der Waals surface area contributed by atoms with Crippen LogP contribution in [-0.4, -0.2) is 62.4 Å². The van der Waals surface area contributed by atoms with Crippen LogP contribution in [0, 0.1) is 5.92 Å². The van der Waals surface area contributed by atoms with Gasteiger partial charge in [0.15, 0.2) is 0 Å². The second-order valence-corrected chi connectivity index (χ2v) is 6.34. The Bertz CT molecular complexity index is 355. The van der Waals surface area contributed by atoms with E-state index < -0.39 is 5.60 Å². The van der Waals surface area contributed by atoms with E-state index in [9.17, 15) is 9.59 Å². The summed E-state index contributed by atoms with van der Waals surface area (Å²) >= 11 is 0. The molecule has 122 valence electrons. The average Bonchev–Trinajstić information content (AvgIpc) is 2.82. The molecule has 0 spiro atoms. The smallest absolute Gasteiger partial charge is 0.407 e. The Morgan fingerprint density at radius 3 is 2.62 bits per heavy atom. The van der Waals surface area contributed by atoms with Gasteiger partial charge >= 0.3 is 12.1 Å². The minimum Gasteiger partial charge on any atom is -0.444 e. The third-order valence-electron chi connectivity index (χ3n) is 3.24. The van der Waals surface area contributed by atoms with Gasteiger partial charge in [-0.15, -0.1) is 0 Å². The van der Waals surface area contributed by atoms with Gasteiger partial charge in [0.05, 0.1) is 0 Å². The lowest BCUT2D eigenvalue weighted by Crippen LogP contribution is -2.39. The Kier molecular flexibility index (Phi) is 6.74. The molecule has 3 amide bonds. The van der Waals surface area contributed by atoms with Crippen LogP contribution in [0.25, 0.3) is 0 Å². The Hall–Kier alpha value is -1.50. The highest BCUT2D eigenvalue weighted by Gasteiger charge is 2.23. The number of carbonyl (C=O) groups excluding carboxylic acids is 2. The second-order valence-electron chi connectivity index (χ2n) is 6.34. The lowest BCUT2D eigenvalue weighted by atomic mass is 10.1. The zero-order valence-corrected chi connectivity index (χ0v) is 13.5. The molecule has 7 heteroatoms. The number of nitrogens with one attached hydrogen (secondary N) is 3. The molecule has 1 heterocycles. The van der Waals surface area contributed by atoms with Crippen molar-refractivity contribution in [3.8, 4) is 0 Å². The zero-order valence-electron chi connectivity index (χ0n) is 13.5. The molecule has 0 aliphatic carbocycles. The fraction of sp³-hybridized carbons (Fsp3) is 0.857.